The molecule has 1 atom stereocenters. The topological polar surface area (TPSA) is 229 Å². The first-order chi connectivity index (χ1) is 31.5. The molecule has 6 rings (SSSR count). The summed E-state index contributed by atoms with van der Waals surface area (Å²) in [5.41, 5.74) is 3.75. The third-order valence-electron chi connectivity index (χ3n) is 10.4. The molecule has 5 aromatic carbocycles. The minimum Gasteiger partial charge on any atom is -0.506 e. The summed E-state index contributed by atoms with van der Waals surface area (Å²) in [6.07, 6.45) is 13.5. The van der Waals surface area contributed by atoms with Crippen LogP contribution in [0.2, 0.25) is 5.02 Å². The van der Waals surface area contributed by atoms with Crippen molar-refractivity contribution in [3.63, 3.8) is 0 Å². The van der Waals surface area contributed by atoms with Crippen LogP contribution in [0.1, 0.15) is 79.5 Å². The number of nitro benzene ring substituents is 1. The first-order valence-electron chi connectivity index (χ1n) is 21.9. The summed E-state index contributed by atoms with van der Waals surface area (Å²) >= 11 is 5.86. The van der Waals surface area contributed by atoms with Crippen LogP contribution >= 0.6 is 11.6 Å². The van der Waals surface area contributed by atoms with Gasteiger partial charge >= 0.3 is 1.43 Å². The summed E-state index contributed by atoms with van der Waals surface area (Å²) in [5.74, 6) is -0.687. The SMILES string of the molecule is CC1[C-](N=Nc2cc([N+](=O)[O-])ccc2O)C(=O)NN1c1ccccc1.CCCCCCCCCCCCN(CCO)CCO.Oc1ccc(Cl)cc1N=Nc1c(O)ccc2ccccc12.[Cr].[H+]. The van der Waals surface area contributed by atoms with Gasteiger partial charge in [-0.3, -0.25) is 20.4 Å². The second kappa shape index (κ2) is 29.7. The van der Waals surface area contributed by atoms with Gasteiger partial charge in [0.2, 0.25) is 0 Å². The number of phenols is 3. The Labute approximate surface area is 403 Å². The minimum absolute atomic E-state index is 0. The van der Waals surface area contributed by atoms with Crippen LogP contribution in [0.3, 0.4) is 0 Å². The maximum absolute atomic E-state index is 12.1. The molecule has 0 aromatic heterocycles. The van der Waals surface area contributed by atoms with E-state index in [4.69, 9.17) is 21.8 Å². The number of aliphatic hydroxyl groups is 2. The number of para-hydroxylation sites is 1. The summed E-state index contributed by atoms with van der Waals surface area (Å²) in [5, 5.41) is 77.6. The van der Waals surface area contributed by atoms with Crippen molar-refractivity contribution in [2.24, 2.45) is 20.5 Å². The third-order valence-corrected chi connectivity index (χ3v) is 10.7. The number of hydrogen-bond donors (Lipinski definition) is 6. The largest absolute Gasteiger partial charge is 1.00 e. The summed E-state index contributed by atoms with van der Waals surface area (Å²) in [6, 6.07) is 27.8. The molecule has 1 heterocycles. The predicted octanol–water partition coefficient (Wildman–Crippen LogP) is 11.5. The Morgan fingerprint density at radius 2 is 1.32 bits per heavy atom. The number of nitrogens with zero attached hydrogens (tertiary/aromatic N) is 7. The van der Waals surface area contributed by atoms with Gasteiger partial charge in [0.05, 0.1) is 23.8 Å². The van der Waals surface area contributed by atoms with Gasteiger partial charge < -0.3 is 40.5 Å². The van der Waals surface area contributed by atoms with E-state index in [0.717, 1.165) is 41.2 Å². The number of anilines is 1. The molecule has 1 amide bonds. The first-order valence-corrected chi connectivity index (χ1v) is 22.3. The van der Waals surface area contributed by atoms with Gasteiger partial charge in [-0.1, -0.05) is 132 Å². The molecule has 1 saturated heterocycles. The number of carbonyl (C=O) groups excluding carboxylic acids is 1. The van der Waals surface area contributed by atoms with Crippen molar-refractivity contribution in [2.45, 2.75) is 84.1 Å². The number of azo groups is 2. The van der Waals surface area contributed by atoms with Gasteiger partial charge in [0, 0.05) is 53.0 Å². The fourth-order valence-corrected chi connectivity index (χ4v) is 7.03. The average Bonchev–Trinajstić information content (AvgIpc) is 3.59. The van der Waals surface area contributed by atoms with Gasteiger partial charge in [0.1, 0.15) is 40.2 Å². The molecule has 354 valence electrons. The maximum Gasteiger partial charge on any atom is 1.00 e. The molecule has 0 spiro atoms. The van der Waals surface area contributed by atoms with Gasteiger partial charge in [-0.2, -0.15) is 5.11 Å². The molecule has 1 unspecified atom stereocenters. The fourth-order valence-electron chi connectivity index (χ4n) is 6.86. The van der Waals surface area contributed by atoms with Crippen molar-refractivity contribution < 1.29 is 54.0 Å². The zero-order chi connectivity index (χ0) is 47.0. The first kappa shape index (κ1) is 54.5. The molecule has 66 heavy (non-hydrogen) atoms. The van der Waals surface area contributed by atoms with E-state index < -0.39 is 16.9 Å². The Kier molecular flexibility index (Phi) is 24.5. The Morgan fingerprint density at radius 1 is 0.742 bits per heavy atom. The van der Waals surface area contributed by atoms with E-state index in [9.17, 15) is 30.2 Å². The fraction of sp³-hybridized carbons (Fsp3) is 0.375. The van der Waals surface area contributed by atoms with Crippen LogP contribution in [0.25, 0.3) is 10.8 Å². The van der Waals surface area contributed by atoms with Crippen molar-refractivity contribution >= 4 is 56.7 Å². The molecule has 0 saturated carbocycles. The second-order valence-corrected chi connectivity index (χ2v) is 15.7. The number of phenolic OH excluding ortho intramolecular Hbond substituents is 3. The molecule has 1 fully saturated rings. The van der Waals surface area contributed by atoms with E-state index >= 15 is 0 Å². The number of fused-ring (bicyclic) bond motifs is 1. The number of hydrazine groups is 1. The number of aromatic hydroxyl groups is 3. The van der Waals surface area contributed by atoms with Crippen LogP contribution < -0.4 is 10.4 Å². The minimum atomic E-state index is -0.604. The molecule has 1 aliphatic rings. The number of halogens is 1. The number of nitrogens with one attached hydrogen (secondary N) is 1. The Bertz CT molecular complexity index is 2310. The molecular formula is C48H61ClCrN8O8. The van der Waals surface area contributed by atoms with Crippen LogP contribution in [-0.4, -0.2) is 80.2 Å². The van der Waals surface area contributed by atoms with Crippen molar-refractivity contribution in [3.05, 3.63) is 124 Å². The van der Waals surface area contributed by atoms with Crippen LogP contribution in [-0.2, 0) is 22.2 Å². The predicted molar refractivity (Wildman–Crippen MR) is 256 cm³/mol. The van der Waals surface area contributed by atoms with E-state index in [1.165, 1.54) is 76.3 Å². The van der Waals surface area contributed by atoms with E-state index in [1.807, 2.05) is 54.6 Å². The van der Waals surface area contributed by atoms with E-state index in [-0.39, 0.29) is 72.4 Å². The smallest absolute Gasteiger partial charge is 0.506 e. The van der Waals surface area contributed by atoms with Gasteiger partial charge in [0.15, 0.2) is 0 Å². The van der Waals surface area contributed by atoms with Crippen molar-refractivity contribution in [1.29, 1.82) is 0 Å². The number of amides is 1. The molecule has 18 heteroatoms. The molecule has 6 N–H and O–H groups in total. The van der Waals surface area contributed by atoms with Gasteiger partial charge in [0.25, 0.3) is 5.69 Å². The Morgan fingerprint density at radius 3 is 1.95 bits per heavy atom. The van der Waals surface area contributed by atoms with Crippen molar-refractivity contribution in [3.8, 4) is 17.2 Å². The quantitative estimate of drug-likeness (QED) is 0.0134. The molecule has 0 aliphatic carbocycles. The van der Waals surface area contributed by atoms with E-state index in [1.54, 1.807) is 30.1 Å². The van der Waals surface area contributed by atoms with Crippen LogP contribution in [0.15, 0.2) is 124 Å². The number of nitro groups is 1. The maximum atomic E-state index is 12.1. The van der Waals surface area contributed by atoms with Crippen LogP contribution in [0.5, 0.6) is 17.2 Å². The number of rotatable bonds is 21. The van der Waals surface area contributed by atoms with Gasteiger partial charge in [-0.15, -0.1) is 16.3 Å². The monoisotopic (exact) mass is 964 g/mol. The number of non-ortho nitro benzene ring substituents is 1. The molecule has 5 aromatic rings. The number of aliphatic hydroxyl groups excluding tert-OH is 2. The number of hydrogen-bond acceptors (Lipinski definition) is 14. The number of benzene rings is 5. The number of carbonyl (C=O) groups is 1. The second-order valence-electron chi connectivity index (χ2n) is 15.3. The number of unbranched alkanes of at least 4 members (excludes halogenated alkanes) is 9. The molecule has 0 bridgehead atoms. The zero-order valence-corrected chi connectivity index (χ0v) is 39.4. The molecule has 0 radical (unpaired) electrons. The summed E-state index contributed by atoms with van der Waals surface area (Å²) in [6.45, 7) is 6.81. The molecule has 16 nitrogen and oxygen atoms in total. The van der Waals surface area contributed by atoms with Crippen molar-refractivity contribution in [1.82, 2.24) is 10.3 Å². The van der Waals surface area contributed by atoms with Gasteiger partial charge in [-0.25, -0.2) is 0 Å². The Balaban J connectivity index is 0.000000344. The summed E-state index contributed by atoms with van der Waals surface area (Å²) in [4.78, 5) is 24.5. The third kappa shape index (κ3) is 17.5. The standard InChI is InChI=1S/C16H11ClN2O2.C16H14N5O4.C16H35NO2.Cr/c17-11-6-8-14(20)13(9-11)18-19-16-12-4-2-1-3-10(12)5-7-15(16)21;1-10-15(16(23)19-20(10)11-5-3-2-4-6-11)18-17-13-9-12(21(24)25)7-8-14(13)22;1-2-3-4-5-6-7-8-9-10-11-12-17(13-15-18)14-16-19;/h1-9,20-21H;2-10,22H,1H3,(H,19,23);18-19H,2-16H2,1H3;/q;-1;;/p+1. The van der Waals surface area contributed by atoms with E-state index in [0.29, 0.717) is 23.8 Å². The van der Waals surface area contributed by atoms with Crippen LogP contribution in [0.4, 0.5) is 28.4 Å². The van der Waals surface area contributed by atoms with Crippen molar-refractivity contribution in [2.75, 3.05) is 37.9 Å². The van der Waals surface area contributed by atoms with Crippen LogP contribution in [0, 0.1) is 16.2 Å². The normalized spacial score (nSPS) is 13.4. The molecule has 1 aliphatic heterocycles. The molecular weight excluding hydrogens is 904 g/mol. The summed E-state index contributed by atoms with van der Waals surface area (Å²) < 4.78 is 0. The summed E-state index contributed by atoms with van der Waals surface area (Å²) in [7, 11) is 0. The zero-order valence-electron chi connectivity index (χ0n) is 38.4. The van der Waals surface area contributed by atoms with Gasteiger partial charge in [-0.05, 0) is 66.9 Å². The average molecular weight is 966 g/mol. The van der Waals surface area contributed by atoms with E-state index in [2.05, 4.69) is 37.7 Å². The Hall–Kier alpha value is -5.80.